The van der Waals surface area contributed by atoms with Crippen molar-refractivity contribution in [3.63, 3.8) is 0 Å². The van der Waals surface area contributed by atoms with Gasteiger partial charge in [0.25, 0.3) is 15.9 Å². The van der Waals surface area contributed by atoms with E-state index in [4.69, 9.17) is 4.74 Å². The number of ketones is 1. The molecule has 2 aromatic rings. The summed E-state index contributed by atoms with van der Waals surface area (Å²) in [5.74, 6) is -0.581. The Kier molecular flexibility index (Phi) is 4.61. The highest BCUT2D eigenvalue weighted by molar-refractivity contribution is 7.90. The second kappa shape index (κ2) is 6.94. The molecule has 1 aromatic carbocycles. The average Bonchev–Trinajstić information content (AvgIpc) is 3.32. The molecule has 1 saturated heterocycles. The number of carbonyl (C=O) groups excluding carboxylic acids is 2. The fourth-order valence-corrected chi connectivity index (χ4v) is 5.16. The second-order valence-corrected chi connectivity index (χ2v) is 8.58. The Labute approximate surface area is 157 Å². The Morgan fingerprint density at radius 3 is 2.93 bits per heavy atom. The zero-order valence-electron chi connectivity index (χ0n) is 14.7. The summed E-state index contributed by atoms with van der Waals surface area (Å²) in [6, 6.07) is 7.41. The van der Waals surface area contributed by atoms with Crippen LogP contribution in [0.2, 0.25) is 0 Å². The monoisotopic (exact) mass is 388 g/mol. The summed E-state index contributed by atoms with van der Waals surface area (Å²) in [7, 11) is -3.85. The smallest absolute Gasteiger partial charge is 0.268 e. The van der Waals surface area contributed by atoms with Crippen LogP contribution in [0, 0.1) is 0 Å². The van der Waals surface area contributed by atoms with Crippen LogP contribution in [0.1, 0.15) is 45.7 Å². The van der Waals surface area contributed by atoms with E-state index in [1.165, 1.54) is 36.5 Å². The molecule has 4 rings (SSSR count). The van der Waals surface area contributed by atoms with Crippen molar-refractivity contribution in [2.45, 2.75) is 36.7 Å². The van der Waals surface area contributed by atoms with Gasteiger partial charge in [-0.15, -0.1) is 0 Å². The normalized spacial score (nSPS) is 20.6. The third kappa shape index (κ3) is 3.30. The first-order chi connectivity index (χ1) is 13.0. The van der Waals surface area contributed by atoms with E-state index in [2.05, 4.69) is 5.32 Å². The van der Waals surface area contributed by atoms with E-state index in [0.717, 1.165) is 29.8 Å². The Balaban J connectivity index is 1.55. The lowest BCUT2D eigenvalue weighted by atomic mass is 10.0. The van der Waals surface area contributed by atoms with Gasteiger partial charge < -0.3 is 10.1 Å². The van der Waals surface area contributed by atoms with Gasteiger partial charge in [0, 0.05) is 31.3 Å². The lowest BCUT2D eigenvalue weighted by Gasteiger charge is -2.12. The molecule has 142 valence electrons. The molecule has 0 aliphatic carbocycles. The molecule has 7 nitrogen and oxygen atoms in total. The zero-order chi connectivity index (χ0) is 19.0. The molecule has 1 N–H and O–H groups in total. The van der Waals surface area contributed by atoms with Gasteiger partial charge >= 0.3 is 0 Å². The zero-order valence-corrected chi connectivity index (χ0v) is 15.5. The van der Waals surface area contributed by atoms with Gasteiger partial charge in [-0.1, -0.05) is 0 Å². The summed E-state index contributed by atoms with van der Waals surface area (Å²) in [6.45, 7) is 1.26. The number of amides is 1. The summed E-state index contributed by atoms with van der Waals surface area (Å²) in [6.07, 6.45) is 4.30. The van der Waals surface area contributed by atoms with Crippen molar-refractivity contribution in [1.82, 2.24) is 9.29 Å². The van der Waals surface area contributed by atoms with Gasteiger partial charge in [-0.25, -0.2) is 12.4 Å². The summed E-state index contributed by atoms with van der Waals surface area (Å²) < 4.78 is 32.2. The predicted molar refractivity (Wildman–Crippen MR) is 97.4 cm³/mol. The highest BCUT2D eigenvalue weighted by atomic mass is 32.2. The Morgan fingerprint density at radius 1 is 1.30 bits per heavy atom. The maximum absolute atomic E-state index is 12.8. The van der Waals surface area contributed by atoms with Crippen LogP contribution in [0.4, 0.5) is 0 Å². The third-order valence-corrected chi connectivity index (χ3v) is 6.78. The second-order valence-electron chi connectivity index (χ2n) is 6.80. The number of aromatic nitrogens is 1. The summed E-state index contributed by atoms with van der Waals surface area (Å²) >= 11 is 0. The average molecular weight is 388 g/mol. The lowest BCUT2D eigenvalue weighted by molar-refractivity contribution is 0.0905. The molecule has 8 heteroatoms. The molecule has 1 atom stereocenters. The molecule has 0 bridgehead atoms. The number of fused-ring (bicyclic) bond motifs is 2. The number of benzene rings is 1. The van der Waals surface area contributed by atoms with Gasteiger partial charge in [0.2, 0.25) is 0 Å². The van der Waals surface area contributed by atoms with E-state index in [9.17, 15) is 18.0 Å². The molecule has 1 aromatic heterocycles. The number of nitrogens with one attached hydrogen (secondary N) is 1. The van der Waals surface area contributed by atoms with Crippen LogP contribution < -0.4 is 5.32 Å². The number of Topliss-reactive ketones (excluding diaryl/α,β-unsaturated/α-hetero) is 1. The first-order valence-corrected chi connectivity index (χ1v) is 10.4. The quantitative estimate of drug-likeness (QED) is 0.861. The van der Waals surface area contributed by atoms with Crippen molar-refractivity contribution < 1.29 is 22.7 Å². The summed E-state index contributed by atoms with van der Waals surface area (Å²) in [5.41, 5.74) is 0.819. The predicted octanol–water partition coefficient (Wildman–Crippen LogP) is 1.76. The fourth-order valence-electron chi connectivity index (χ4n) is 3.59. The van der Waals surface area contributed by atoms with Crippen LogP contribution in [-0.4, -0.2) is 43.3 Å². The Morgan fingerprint density at radius 2 is 2.15 bits per heavy atom. The van der Waals surface area contributed by atoms with Gasteiger partial charge in [0.15, 0.2) is 5.78 Å². The maximum atomic E-state index is 12.8. The molecule has 0 spiro atoms. The van der Waals surface area contributed by atoms with Crippen LogP contribution in [0.3, 0.4) is 0 Å². The molecule has 0 radical (unpaired) electrons. The lowest BCUT2D eigenvalue weighted by Crippen LogP contribution is -2.27. The van der Waals surface area contributed by atoms with Crippen LogP contribution in [0.25, 0.3) is 0 Å². The molecular weight excluding hydrogens is 368 g/mol. The van der Waals surface area contributed by atoms with Crippen molar-refractivity contribution in [1.29, 1.82) is 0 Å². The molecule has 0 saturated carbocycles. The van der Waals surface area contributed by atoms with Crippen molar-refractivity contribution in [2.24, 2.45) is 0 Å². The third-order valence-electron chi connectivity index (χ3n) is 4.99. The van der Waals surface area contributed by atoms with E-state index in [-0.39, 0.29) is 34.8 Å². The molecule has 1 unspecified atom stereocenters. The van der Waals surface area contributed by atoms with Crippen LogP contribution in [-0.2, 0) is 21.2 Å². The topological polar surface area (TPSA) is 94.5 Å². The fraction of sp³-hybridized carbons (Fsp3) is 0.368. The van der Waals surface area contributed by atoms with Crippen molar-refractivity contribution in [2.75, 3.05) is 13.2 Å². The number of carbonyl (C=O) groups is 2. The van der Waals surface area contributed by atoms with Crippen LogP contribution in [0.15, 0.2) is 41.4 Å². The summed E-state index contributed by atoms with van der Waals surface area (Å²) in [4.78, 5) is 24.9. The Bertz CT molecular complexity index is 1000. The van der Waals surface area contributed by atoms with Crippen LogP contribution >= 0.6 is 0 Å². The minimum Gasteiger partial charge on any atom is -0.378 e. The number of hydrogen-bond acceptors (Lipinski definition) is 5. The maximum Gasteiger partial charge on any atom is 0.268 e. The standard InChI is InChI=1S/C19H20N2O5S/c22-17-12-14-11-13(19(23)20-8-7-15-3-2-10-26-15)5-6-18(14)27(24,25)21-9-1-4-16(17)21/h1,4-6,9,11,15H,2-3,7-8,10,12H2,(H,20,23). The van der Waals surface area contributed by atoms with E-state index < -0.39 is 10.0 Å². The highest BCUT2D eigenvalue weighted by Gasteiger charge is 2.30. The minimum atomic E-state index is -3.85. The van der Waals surface area contributed by atoms with Gasteiger partial charge in [0.1, 0.15) is 5.69 Å². The van der Waals surface area contributed by atoms with Crippen molar-refractivity contribution >= 4 is 21.7 Å². The first kappa shape index (κ1) is 17.9. The number of ether oxygens (including phenoxy) is 1. The molecule has 2 aliphatic rings. The van der Waals surface area contributed by atoms with Gasteiger partial charge in [0.05, 0.1) is 11.0 Å². The number of nitrogens with zero attached hydrogens (tertiary/aromatic N) is 1. The SMILES string of the molecule is O=C(NCCC1CCCO1)c1ccc2c(c1)CC(=O)c1cccn1S2(=O)=O. The number of rotatable bonds is 4. The first-order valence-electron chi connectivity index (χ1n) is 8.95. The largest absolute Gasteiger partial charge is 0.378 e. The van der Waals surface area contributed by atoms with E-state index in [1.807, 2.05) is 0 Å². The van der Waals surface area contributed by atoms with Gasteiger partial charge in [-0.3, -0.25) is 9.59 Å². The summed E-state index contributed by atoms with van der Waals surface area (Å²) in [5, 5.41) is 2.83. The Hall–Kier alpha value is -2.45. The van der Waals surface area contributed by atoms with Crippen molar-refractivity contribution in [3.8, 4) is 0 Å². The van der Waals surface area contributed by atoms with Crippen LogP contribution in [0.5, 0.6) is 0 Å². The molecule has 2 aliphatic heterocycles. The number of hydrogen-bond donors (Lipinski definition) is 1. The molecular formula is C19H20N2O5S. The molecule has 1 fully saturated rings. The molecule has 27 heavy (non-hydrogen) atoms. The van der Waals surface area contributed by atoms with E-state index >= 15 is 0 Å². The van der Waals surface area contributed by atoms with E-state index in [1.54, 1.807) is 0 Å². The molecule has 1 amide bonds. The molecule has 3 heterocycles. The van der Waals surface area contributed by atoms with Crippen molar-refractivity contribution in [3.05, 3.63) is 53.3 Å². The minimum absolute atomic E-state index is 0.0571. The van der Waals surface area contributed by atoms with E-state index in [0.29, 0.717) is 17.7 Å². The van der Waals surface area contributed by atoms with Gasteiger partial charge in [-0.05, 0) is 55.2 Å². The highest BCUT2D eigenvalue weighted by Crippen LogP contribution is 2.27. The van der Waals surface area contributed by atoms with Gasteiger partial charge in [-0.2, -0.15) is 0 Å².